The maximum atomic E-state index is 11.7. The topological polar surface area (TPSA) is 136 Å². The molecule has 1 aromatic rings. The molecule has 2 rings (SSSR count). The van der Waals surface area contributed by atoms with Crippen molar-refractivity contribution in [3.63, 3.8) is 0 Å². The Morgan fingerprint density at radius 3 is 2.52 bits per heavy atom. The van der Waals surface area contributed by atoms with E-state index < -0.39 is 27.1 Å². The fourth-order valence-corrected chi connectivity index (χ4v) is 2.81. The lowest BCUT2D eigenvalue weighted by molar-refractivity contribution is -0.435. The maximum Gasteiger partial charge on any atom is 0.312 e. The summed E-state index contributed by atoms with van der Waals surface area (Å²) >= 11 is 0. The van der Waals surface area contributed by atoms with Crippen LogP contribution in [0.4, 0.5) is 5.69 Å². The van der Waals surface area contributed by atoms with E-state index in [4.69, 9.17) is 0 Å². The molecule has 9 heteroatoms. The summed E-state index contributed by atoms with van der Waals surface area (Å²) in [4.78, 5) is 32.9. The third-order valence-electron chi connectivity index (χ3n) is 4.12. The van der Waals surface area contributed by atoms with Gasteiger partial charge in [-0.05, 0) is 19.4 Å². The Hall–Kier alpha value is -2.97. The van der Waals surface area contributed by atoms with Gasteiger partial charge in [-0.1, -0.05) is 12.1 Å². The molecule has 2 atom stereocenters. The molecule has 1 aliphatic heterocycles. The average molecular weight is 321 g/mol. The highest BCUT2D eigenvalue weighted by Gasteiger charge is 2.52. The zero-order chi connectivity index (χ0) is 17.4. The number of allylic oxidation sites excluding steroid dienone is 2. The van der Waals surface area contributed by atoms with E-state index >= 15 is 0 Å². The molecule has 2 N–H and O–H groups in total. The minimum atomic E-state index is -1.50. The fourth-order valence-electron chi connectivity index (χ4n) is 2.81. The van der Waals surface area contributed by atoms with Crippen LogP contribution in [-0.2, 0) is 4.79 Å². The van der Waals surface area contributed by atoms with Gasteiger partial charge in [-0.3, -0.25) is 25.0 Å². The normalized spacial score (nSPS) is 24.0. The zero-order valence-electron chi connectivity index (χ0n) is 12.5. The lowest BCUT2D eigenvalue weighted by atomic mass is 9.69. The number of non-ortho nitro benzene ring substituents is 1. The van der Waals surface area contributed by atoms with Gasteiger partial charge in [-0.2, -0.15) is 0 Å². The highest BCUT2D eigenvalue weighted by atomic mass is 16.6. The number of carbonyl (C=O) groups is 1. The molecule has 0 amide bonds. The van der Waals surface area contributed by atoms with Gasteiger partial charge >= 0.3 is 5.97 Å². The number of benzene rings is 1. The largest absolute Gasteiger partial charge is 0.481 e. The molecule has 9 nitrogen and oxygen atoms in total. The number of nitro groups is 2. The molecule has 0 saturated carbocycles. The molecule has 0 aliphatic carbocycles. The number of nitrogens with zero attached hydrogens (tertiary/aromatic N) is 2. The first kappa shape index (κ1) is 16.4. The molecule has 23 heavy (non-hydrogen) atoms. The van der Waals surface area contributed by atoms with Crippen LogP contribution in [0.15, 0.2) is 35.7 Å². The summed E-state index contributed by atoms with van der Waals surface area (Å²) in [5, 5.41) is 34.7. The summed E-state index contributed by atoms with van der Waals surface area (Å²) in [5.41, 5.74) is -1.55. The van der Waals surface area contributed by atoms with Crippen molar-refractivity contribution in [3.8, 4) is 0 Å². The van der Waals surface area contributed by atoms with Gasteiger partial charge < -0.3 is 10.4 Å². The predicted molar refractivity (Wildman–Crippen MR) is 79.3 cm³/mol. The standard InChI is InChI=1S/C14H15N3O6/c1-8-12(17(22)23)11(14(2,7-15-8)13(18)19)9-4-3-5-10(6-9)16(20)21/h3-6,11,15H,7H2,1-2H3,(H,18,19). The van der Waals surface area contributed by atoms with Gasteiger partial charge in [-0.25, -0.2) is 0 Å². The summed E-state index contributed by atoms with van der Waals surface area (Å²) < 4.78 is 0. The summed E-state index contributed by atoms with van der Waals surface area (Å²) in [6.07, 6.45) is 0. The quantitative estimate of drug-likeness (QED) is 0.638. The lowest BCUT2D eigenvalue weighted by Crippen LogP contribution is -2.48. The van der Waals surface area contributed by atoms with Crippen LogP contribution < -0.4 is 5.32 Å². The second kappa shape index (κ2) is 5.67. The third kappa shape index (κ3) is 2.72. The molecule has 1 heterocycles. The SMILES string of the molecule is CC1=C([N+](=O)[O-])C(c2cccc([N+](=O)[O-])c2)C(C)(C(=O)O)CN1. The van der Waals surface area contributed by atoms with E-state index in [1.165, 1.54) is 38.1 Å². The smallest absolute Gasteiger partial charge is 0.312 e. The van der Waals surface area contributed by atoms with Crippen molar-refractivity contribution >= 4 is 11.7 Å². The number of carboxylic acid groups (broad SMARTS) is 1. The Balaban J connectivity index is 2.71. The minimum absolute atomic E-state index is 0.0150. The molecule has 122 valence electrons. The van der Waals surface area contributed by atoms with Gasteiger partial charge in [0.1, 0.15) is 0 Å². The Morgan fingerprint density at radius 2 is 2.00 bits per heavy atom. The molecule has 2 unspecified atom stereocenters. The molecular formula is C14H15N3O6. The van der Waals surface area contributed by atoms with Crippen molar-refractivity contribution < 1.29 is 19.7 Å². The molecule has 1 aromatic carbocycles. The molecule has 0 spiro atoms. The molecular weight excluding hydrogens is 306 g/mol. The summed E-state index contributed by atoms with van der Waals surface area (Å²) in [6.45, 7) is 2.87. The van der Waals surface area contributed by atoms with Gasteiger partial charge in [0, 0.05) is 18.7 Å². The minimum Gasteiger partial charge on any atom is -0.481 e. The second-order valence-electron chi connectivity index (χ2n) is 5.63. The van der Waals surface area contributed by atoms with Crippen LogP contribution in [0.3, 0.4) is 0 Å². The van der Waals surface area contributed by atoms with Crippen LogP contribution in [0.2, 0.25) is 0 Å². The van der Waals surface area contributed by atoms with Crippen molar-refractivity contribution in [1.29, 1.82) is 0 Å². The van der Waals surface area contributed by atoms with E-state index in [9.17, 15) is 30.1 Å². The Bertz CT molecular complexity index is 729. The Morgan fingerprint density at radius 1 is 1.35 bits per heavy atom. The van der Waals surface area contributed by atoms with Gasteiger partial charge in [0.15, 0.2) is 0 Å². The summed E-state index contributed by atoms with van der Waals surface area (Å²) in [7, 11) is 0. The number of carboxylic acids is 1. The zero-order valence-corrected chi connectivity index (χ0v) is 12.5. The first-order valence-corrected chi connectivity index (χ1v) is 6.75. The van der Waals surface area contributed by atoms with Crippen molar-refractivity contribution in [2.75, 3.05) is 6.54 Å². The van der Waals surface area contributed by atoms with Crippen LogP contribution in [-0.4, -0.2) is 27.5 Å². The summed E-state index contributed by atoms with van der Waals surface area (Å²) in [5.74, 6) is -2.32. The lowest BCUT2D eigenvalue weighted by Gasteiger charge is -2.37. The third-order valence-corrected chi connectivity index (χ3v) is 4.12. The Kier molecular flexibility index (Phi) is 4.04. The van der Waals surface area contributed by atoms with Crippen LogP contribution in [0.1, 0.15) is 25.3 Å². The van der Waals surface area contributed by atoms with Crippen molar-refractivity contribution in [1.82, 2.24) is 5.32 Å². The fraction of sp³-hybridized carbons (Fsp3) is 0.357. The number of nitro benzene ring substituents is 1. The van der Waals surface area contributed by atoms with Crippen LogP contribution in [0.5, 0.6) is 0 Å². The first-order valence-electron chi connectivity index (χ1n) is 6.75. The molecule has 0 saturated heterocycles. The highest BCUT2D eigenvalue weighted by molar-refractivity contribution is 5.77. The number of hydrogen-bond donors (Lipinski definition) is 2. The van der Waals surface area contributed by atoms with E-state index in [0.717, 1.165) is 0 Å². The van der Waals surface area contributed by atoms with E-state index in [2.05, 4.69) is 5.32 Å². The van der Waals surface area contributed by atoms with Crippen molar-refractivity contribution in [2.45, 2.75) is 19.8 Å². The van der Waals surface area contributed by atoms with Crippen LogP contribution >= 0.6 is 0 Å². The molecule has 0 aromatic heterocycles. The predicted octanol–water partition coefficient (Wildman–Crippen LogP) is 1.88. The molecule has 0 bridgehead atoms. The van der Waals surface area contributed by atoms with E-state index in [0.29, 0.717) is 0 Å². The number of aliphatic carboxylic acids is 1. The van der Waals surface area contributed by atoms with E-state index in [1.807, 2.05) is 0 Å². The van der Waals surface area contributed by atoms with Gasteiger partial charge in [0.05, 0.1) is 26.9 Å². The van der Waals surface area contributed by atoms with E-state index in [-0.39, 0.29) is 29.2 Å². The van der Waals surface area contributed by atoms with Crippen molar-refractivity contribution in [2.24, 2.45) is 5.41 Å². The van der Waals surface area contributed by atoms with Crippen LogP contribution in [0, 0.1) is 25.6 Å². The maximum absolute atomic E-state index is 11.7. The highest BCUT2D eigenvalue weighted by Crippen LogP contribution is 2.45. The average Bonchev–Trinajstić information content (AvgIpc) is 2.48. The number of nitrogens with one attached hydrogen (secondary N) is 1. The molecule has 0 radical (unpaired) electrons. The Labute approximate surface area is 130 Å². The summed E-state index contributed by atoms with van der Waals surface area (Å²) in [6, 6.07) is 5.31. The van der Waals surface area contributed by atoms with Gasteiger partial charge in [0.2, 0.25) is 0 Å². The van der Waals surface area contributed by atoms with E-state index in [1.54, 1.807) is 0 Å². The first-order chi connectivity index (χ1) is 10.7. The van der Waals surface area contributed by atoms with Crippen molar-refractivity contribution in [3.05, 3.63) is 61.5 Å². The number of hydrogen-bond acceptors (Lipinski definition) is 6. The van der Waals surface area contributed by atoms with Gasteiger partial charge in [0.25, 0.3) is 11.4 Å². The second-order valence-corrected chi connectivity index (χ2v) is 5.63. The molecule has 0 fully saturated rings. The molecule has 1 aliphatic rings. The van der Waals surface area contributed by atoms with Gasteiger partial charge in [-0.15, -0.1) is 0 Å². The number of rotatable bonds is 4. The van der Waals surface area contributed by atoms with Crippen LogP contribution in [0.25, 0.3) is 0 Å². The monoisotopic (exact) mass is 321 g/mol.